The summed E-state index contributed by atoms with van der Waals surface area (Å²) in [5, 5.41) is 2.91. The zero-order valence-corrected chi connectivity index (χ0v) is 13.7. The topological polar surface area (TPSA) is 50.8 Å². The molecule has 1 aromatic carbocycles. The third-order valence-electron chi connectivity index (χ3n) is 3.65. The van der Waals surface area contributed by atoms with E-state index in [4.69, 9.17) is 9.47 Å². The van der Waals surface area contributed by atoms with Gasteiger partial charge in [-0.05, 0) is 31.5 Å². The number of ether oxygens (including phenoxy) is 2. The largest absolute Gasteiger partial charge is 0.384 e. The van der Waals surface area contributed by atoms with Crippen LogP contribution in [0.2, 0.25) is 0 Å². The standard InChI is InChI=1S/C17H26N2O3/c1-13-10-19(11-14(2)22-13)12-15-5-4-6-16(9-15)18-17(20)7-8-21-3/h4-6,9,13-14H,7-8,10-12H2,1-3H3,(H,18,20)/t13-,14+. The molecular formula is C17H26N2O3. The van der Waals surface area contributed by atoms with Gasteiger partial charge in [0, 0.05) is 32.4 Å². The molecule has 0 aliphatic carbocycles. The smallest absolute Gasteiger partial charge is 0.226 e. The summed E-state index contributed by atoms with van der Waals surface area (Å²) in [4.78, 5) is 14.1. The number of amides is 1. The van der Waals surface area contributed by atoms with Gasteiger partial charge in [0.1, 0.15) is 0 Å². The predicted octanol–water partition coefficient (Wildman–Crippen LogP) is 2.27. The first kappa shape index (κ1) is 16.9. The van der Waals surface area contributed by atoms with Crippen molar-refractivity contribution in [3.05, 3.63) is 29.8 Å². The molecule has 0 unspecified atom stereocenters. The number of carbonyl (C=O) groups excluding carboxylic acids is 1. The van der Waals surface area contributed by atoms with Crippen molar-refractivity contribution < 1.29 is 14.3 Å². The number of carbonyl (C=O) groups is 1. The molecule has 1 heterocycles. The van der Waals surface area contributed by atoms with E-state index in [2.05, 4.69) is 30.1 Å². The van der Waals surface area contributed by atoms with Crippen LogP contribution >= 0.6 is 0 Å². The minimum atomic E-state index is -0.0207. The molecule has 1 fully saturated rings. The number of hydrogen-bond donors (Lipinski definition) is 1. The zero-order chi connectivity index (χ0) is 15.9. The Balaban J connectivity index is 1.92. The van der Waals surface area contributed by atoms with Gasteiger partial charge in [0.2, 0.25) is 5.91 Å². The SMILES string of the molecule is COCCC(=O)Nc1cccc(CN2C[C@@H](C)O[C@@H](C)C2)c1. The minimum absolute atomic E-state index is 0.0207. The summed E-state index contributed by atoms with van der Waals surface area (Å²) in [7, 11) is 1.60. The van der Waals surface area contributed by atoms with Crippen LogP contribution in [0.5, 0.6) is 0 Å². The van der Waals surface area contributed by atoms with Gasteiger partial charge in [0.25, 0.3) is 0 Å². The molecule has 1 aliphatic heterocycles. The van der Waals surface area contributed by atoms with Crippen molar-refractivity contribution in [2.75, 3.05) is 32.1 Å². The van der Waals surface area contributed by atoms with Crippen molar-refractivity contribution in [2.45, 2.75) is 39.0 Å². The molecule has 0 aromatic heterocycles. The monoisotopic (exact) mass is 306 g/mol. The first-order valence-electron chi connectivity index (χ1n) is 7.82. The molecule has 1 aromatic rings. The molecule has 1 saturated heterocycles. The molecule has 5 heteroatoms. The van der Waals surface area contributed by atoms with E-state index in [9.17, 15) is 4.79 Å². The van der Waals surface area contributed by atoms with Crippen LogP contribution in [0.25, 0.3) is 0 Å². The molecule has 1 amide bonds. The highest BCUT2D eigenvalue weighted by Gasteiger charge is 2.22. The molecule has 0 radical (unpaired) electrons. The quantitative estimate of drug-likeness (QED) is 0.876. The highest BCUT2D eigenvalue weighted by molar-refractivity contribution is 5.90. The van der Waals surface area contributed by atoms with E-state index in [-0.39, 0.29) is 18.1 Å². The lowest BCUT2D eigenvalue weighted by Crippen LogP contribution is -2.44. The second-order valence-corrected chi connectivity index (χ2v) is 5.94. The van der Waals surface area contributed by atoms with E-state index < -0.39 is 0 Å². The summed E-state index contributed by atoms with van der Waals surface area (Å²) in [5.74, 6) is -0.0207. The maximum Gasteiger partial charge on any atom is 0.226 e. The van der Waals surface area contributed by atoms with Crippen molar-refractivity contribution in [1.29, 1.82) is 0 Å². The van der Waals surface area contributed by atoms with E-state index in [0.717, 1.165) is 25.3 Å². The summed E-state index contributed by atoms with van der Waals surface area (Å²) in [6, 6.07) is 8.03. The van der Waals surface area contributed by atoms with Gasteiger partial charge < -0.3 is 14.8 Å². The lowest BCUT2D eigenvalue weighted by atomic mass is 10.1. The lowest BCUT2D eigenvalue weighted by Gasteiger charge is -2.35. The fraction of sp³-hybridized carbons (Fsp3) is 0.588. The van der Waals surface area contributed by atoms with Crippen molar-refractivity contribution in [1.82, 2.24) is 4.90 Å². The second-order valence-electron chi connectivity index (χ2n) is 5.94. The summed E-state index contributed by atoms with van der Waals surface area (Å²) >= 11 is 0. The van der Waals surface area contributed by atoms with Crippen molar-refractivity contribution in [3.8, 4) is 0 Å². The van der Waals surface area contributed by atoms with Gasteiger partial charge >= 0.3 is 0 Å². The fourth-order valence-corrected chi connectivity index (χ4v) is 2.84. The summed E-state index contributed by atoms with van der Waals surface area (Å²) in [6.45, 7) is 7.41. The van der Waals surface area contributed by atoms with E-state index in [1.807, 2.05) is 18.2 Å². The van der Waals surface area contributed by atoms with Gasteiger partial charge in [-0.25, -0.2) is 0 Å². The number of anilines is 1. The minimum Gasteiger partial charge on any atom is -0.384 e. The van der Waals surface area contributed by atoms with Crippen LogP contribution in [0.1, 0.15) is 25.8 Å². The normalized spacial score (nSPS) is 22.5. The van der Waals surface area contributed by atoms with Gasteiger partial charge in [0.15, 0.2) is 0 Å². The average Bonchev–Trinajstić information content (AvgIpc) is 2.44. The van der Waals surface area contributed by atoms with E-state index in [1.165, 1.54) is 5.56 Å². The Morgan fingerprint density at radius 2 is 2.09 bits per heavy atom. The summed E-state index contributed by atoms with van der Waals surface area (Å²) in [5.41, 5.74) is 2.04. The Morgan fingerprint density at radius 3 is 2.77 bits per heavy atom. The number of hydrogen-bond acceptors (Lipinski definition) is 4. The molecule has 5 nitrogen and oxygen atoms in total. The lowest BCUT2D eigenvalue weighted by molar-refractivity contribution is -0.117. The third kappa shape index (κ3) is 5.40. The number of methoxy groups -OCH3 is 1. The van der Waals surface area contributed by atoms with Crippen molar-refractivity contribution >= 4 is 11.6 Å². The van der Waals surface area contributed by atoms with Crippen molar-refractivity contribution in [3.63, 3.8) is 0 Å². The highest BCUT2D eigenvalue weighted by atomic mass is 16.5. The van der Waals surface area contributed by atoms with Crippen LogP contribution in [0.3, 0.4) is 0 Å². The Kier molecular flexibility index (Phi) is 6.36. The van der Waals surface area contributed by atoms with Gasteiger partial charge in [0.05, 0.1) is 25.2 Å². The Bertz CT molecular complexity index is 483. The zero-order valence-electron chi connectivity index (χ0n) is 13.7. The number of morpholine rings is 1. The molecule has 0 saturated carbocycles. The molecule has 1 N–H and O–H groups in total. The van der Waals surface area contributed by atoms with E-state index in [1.54, 1.807) is 7.11 Å². The third-order valence-corrected chi connectivity index (χ3v) is 3.65. The van der Waals surface area contributed by atoms with Crippen LogP contribution in [-0.4, -0.2) is 49.8 Å². The number of rotatable bonds is 6. The van der Waals surface area contributed by atoms with Gasteiger partial charge in [-0.2, -0.15) is 0 Å². The molecule has 0 spiro atoms. The van der Waals surface area contributed by atoms with Crippen LogP contribution in [0, 0.1) is 0 Å². The van der Waals surface area contributed by atoms with Crippen LogP contribution in [-0.2, 0) is 20.8 Å². The van der Waals surface area contributed by atoms with Gasteiger partial charge in [-0.15, -0.1) is 0 Å². The highest BCUT2D eigenvalue weighted by Crippen LogP contribution is 2.17. The first-order chi connectivity index (χ1) is 10.6. The van der Waals surface area contributed by atoms with E-state index in [0.29, 0.717) is 13.0 Å². The first-order valence-corrected chi connectivity index (χ1v) is 7.82. The average molecular weight is 306 g/mol. The Labute approximate surface area is 132 Å². The Hall–Kier alpha value is -1.43. The van der Waals surface area contributed by atoms with E-state index >= 15 is 0 Å². The van der Waals surface area contributed by atoms with Crippen LogP contribution < -0.4 is 5.32 Å². The number of nitrogens with zero attached hydrogens (tertiary/aromatic N) is 1. The van der Waals surface area contributed by atoms with Gasteiger partial charge in [-0.1, -0.05) is 12.1 Å². The summed E-state index contributed by atoms with van der Waals surface area (Å²) in [6.07, 6.45) is 0.903. The second kappa shape index (κ2) is 8.27. The molecule has 22 heavy (non-hydrogen) atoms. The van der Waals surface area contributed by atoms with Gasteiger partial charge in [-0.3, -0.25) is 9.69 Å². The van der Waals surface area contributed by atoms with Crippen LogP contribution in [0.4, 0.5) is 5.69 Å². The molecule has 0 bridgehead atoms. The maximum absolute atomic E-state index is 11.7. The summed E-state index contributed by atoms with van der Waals surface area (Å²) < 4.78 is 10.7. The fourth-order valence-electron chi connectivity index (χ4n) is 2.84. The predicted molar refractivity (Wildman–Crippen MR) is 86.9 cm³/mol. The van der Waals surface area contributed by atoms with Crippen LogP contribution in [0.15, 0.2) is 24.3 Å². The van der Waals surface area contributed by atoms with Crippen molar-refractivity contribution in [2.24, 2.45) is 0 Å². The Morgan fingerprint density at radius 1 is 1.36 bits per heavy atom. The number of benzene rings is 1. The molecule has 2 atom stereocenters. The molecular weight excluding hydrogens is 280 g/mol. The molecule has 2 rings (SSSR count). The maximum atomic E-state index is 11.7. The molecule has 122 valence electrons. The molecule has 1 aliphatic rings. The number of nitrogens with one attached hydrogen (secondary N) is 1.